The van der Waals surface area contributed by atoms with Crippen LogP contribution in [-0.4, -0.2) is 30.1 Å². The quantitative estimate of drug-likeness (QED) is 0.725. The minimum atomic E-state index is -0.00179. The number of carbonyl (C=O) groups excluding carboxylic acids is 1. The molecule has 0 N–H and O–H groups in total. The lowest BCUT2D eigenvalue weighted by Crippen LogP contribution is -2.25. The first-order valence-electron chi connectivity index (χ1n) is 6.21. The predicted molar refractivity (Wildman–Crippen MR) is 64.3 cm³/mol. The molecule has 2 aliphatic heterocycles. The van der Waals surface area contributed by atoms with Crippen molar-refractivity contribution in [1.29, 1.82) is 0 Å². The second-order valence-corrected chi connectivity index (χ2v) is 5.09. The first-order valence-corrected chi connectivity index (χ1v) is 6.21. The number of hydrogen-bond donors (Lipinski definition) is 0. The molecule has 17 heavy (non-hydrogen) atoms. The lowest BCUT2D eigenvalue weighted by molar-refractivity contribution is -0.144. The van der Waals surface area contributed by atoms with E-state index < -0.39 is 0 Å². The standard InChI is InChI=1S/C14H17NO2/c1-10-12-8-15(9-13(12)14(16)17-10)7-11-5-3-2-4-6-11/h2-6,10,12-13H,7-9H2,1H3/t10-,12-,13-/m1/s1. The van der Waals surface area contributed by atoms with Gasteiger partial charge in [0.25, 0.3) is 0 Å². The van der Waals surface area contributed by atoms with Gasteiger partial charge in [0.15, 0.2) is 0 Å². The predicted octanol–water partition coefficient (Wildman–Crippen LogP) is 1.68. The fourth-order valence-electron chi connectivity index (χ4n) is 2.97. The molecule has 2 heterocycles. The zero-order chi connectivity index (χ0) is 11.8. The van der Waals surface area contributed by atoms with E-state index >= 15 is 0 Å². The number of nitrogens with zero attached hydrogens (tertiary/aromatic N) is 1. The molecule has 0 spiro atoms. The number of fused-ring (bicyclic) bond motifs is 1. The van der Waals surface area contributed by atoms with Gasteiger partial charge in [-0.3, -0.25) is 9.69 Å². The molecule has 2 saturated heterocycles. The Labute approximate surface area is 101 Å². The third kappa shape index (κ3) is 1.95. The van der Waals surface area contributed by atoms with Crippen LogP contribution in [0.3, 0.4) is 0 Å². The summed E-state index contributed by atoms with van der Waals surface area (Å²) in [6, 6.07) is 10.4. The van der Waals surface area contributed by atoms with E-state index in [1.165, 1.54) is 5.56 Å². The molecule has 0 aromatic heterocycles. The molecule has 90 valence electrons. The summed E-state index contributed by atoms with van der Waals surface area (Å²) in [5, 5.41) is 0. The number of benzene rings is 1. The van der Waals surface area contributed by atoms with E-state index in [4.69, 9.17) is 4.74 Å². The lowest BCUT2D eigenvalue weighted by Gasteiger charge is -2.18. The number of esters is 1. The summed E-state index contributed by atoms with van der Waals surface area (Å²) >= 11 is 0. The Hall–Kier alpha value is -1.35. The maximum Gasteiger partial charge on any atom is 0.310 e. The molecule has 3 atom stereocenters. The highest BCUT2D eigenvalue weighted by molar-refractivity contribution is 5.76. The Morgan fingerprint density at radius 3 is 2.76 bits per heavy atom. The van der Waals surface area contributed by atoms with Crippen molar-refractivity contribution < 1.29 is 9.53 Å². The summed E-state index contributed by atoms with van der Waals surface area (Å²) in [4.78, 5) is 14.0. The van der Waals surface area contributed by atoms with Crippen LogP contribution in [-0.2, 0) is 16.1 Å². The molecule has 3 nitrogen and oxygen atoms in total. The third-order valence-corrected chi connectivity index (χ3v) is 3.90. The summed E-state index contributed by atoms with van der Waals surface area (Å²) in [6.45, 7) is 4.78. The number of rotatable bonds is 2. The molecular formula is C14H17NO2. The molecule has 1 aromatic rings. The van der Waals surface area contributed by atoms with Gasteiger partial charge in [-0.1, -0.05) is 30.3 Å². The molecule has 0 amide bonds. The van der Waals surface area contributed by atoms with Gasteiger partial charge in [-0.05, 0) is 12.5 Å². The Bertz CT molecular complexity index is 417. The second kappa shape index (κ2) is 4.15. The molecule has 0 bridgehead atoms. The molecule has 0 aliphatic carbocycles. The van der Waals surface area contributed by atoms with Crippen LogP contribution in [0.15, 0.2) is 30.3 Å². The van der Waals surface area contributed by atoms with Gasteiger partial charge in [-0.25, -0.2) is 0 Å². The smallest absolute Gasteiger partial charge is 0.310 e. The molecule has 3 heteroatoms. The van der Waals surface area contributed by atoms with E-state index in [2.05, 4.69) is 29.2 Å². The van der Waals surface area contributed by atoms with Crippen molar-refractivity contribution in [2.75, 3.05) is 13.1 Å². The first-order chi connectivity index (χ1) is 8.24. The SMILES string of the molecule is C[C@H]1OC(=O)[C@@H]2CN(Cc3ccccc3)C[C@H]12. The van der Waals surface area contributed by atoms with E-state index in [0.717, 1.165) is 19.6 Å². The van der Waals surface area contributed by atoms with Crippen molar-refractivity contribution in [3.8, 4) is 0 Å². The van der Waals surface area contributed by atoms with Crippen LogP contribution in [0.4, 0.5) is 0 Å². The Kier molecular flexibility index (Phi) is 2.63. The number of carbonyl (C=O) groups is 1. The highest BCUT2D eigenvalue weighted by Crippen LogP contribution is 2.35. The van der Waals surface area contributed by atoms with Gasteiger partial charge in [0.1, 0.15) is 6.10 Å². The minimum Gasteiger partial charge on any atom is -0.462 e. The number of likely N-dealkylation sites (tertiary alicyclic amines) is 1. The summed E-state index contributed by atoms with van der Waals surface area (Å²) in [5.74, 6) is 0.498. The van der Waals surface area contributed by atoms with Gasteiger partial charge in [0, 0.05) is 25.6 Å². The topological polar surface area (TPSA) is 29.5 Å². The summed E-state index contributed by atoms with van der Waals surface area (Å²) in [7, 11) is 0. The van der Waals surface area contributed by atoms with E-state index in [1.807, 2.05) is 13.0 Å². The summed E-state index contributed by atoms with van der Waals surface area (Å²) < 4.78 is 5.26. The van der Waals surface area contributed by atoms with Crippen LogP contribution < -0.4 is 0 Å². The average molecular weight is 231 g/mol. The molecular weight excluding hydrogens is 214 g/mol. The molecule has 0 unspecified atom stereocenters. The van der Waals surface area contributed by atoms with Crippen LogP contribution in [0.5, 0.6) is 0 Å². The van der Waals surface area contributed by atoms with Crippen molar-refractivity contribution in [3.05, 3.63) is 35.9 Å². The van der Waals surface area contributed by atoms with Gasteiger partial charge in [-0.2, -0.15) is 0 Å². The molecule has 1 aromatic carbocycles. The third-order valence-electron chi connectivity index (χ3n) is 3.90. The van der Waals surface area contributed by atoms with Gasteiger partial charge < -0.3 is 4.74 Å². The zero-order valence-corrected chi connectivity index (χ0v) is 10.0. The highest BCUT2D eigenvalue weighted by atomic mass is 16.6. The van der Waals surface area contributed by atoms with Crippen molar-refractivity contribution >= 4 is 5.97 Å². The Morgan fingerprint density at radius 1 is 1.29 bits per heavy atom. The maximum absolute atomic E-state index is 11.6. The normalized spacial score (nSPS) is 32.5. The van der Waals surface area contributed by atoms with Crippen LogP contribution in [0.2, 0.25) is 0 Å². The summed E-state index contributed by atoms with van der Waals surface area (Å²) in [6.07, 6.45) is 0.0910. The minimum absolute atomic E-state index is 0.00179. The highest BCUT2D eigenvalue weighted by Gasteiger charge is 2.47. The van der Waals surface area contributed by atoms with Crippen molar-refractivity contribution in [3.63, 3.8) is 0 Å². The monoisotopic (exact) mass is 231 g/mol. The Morgan fingerprint density at radius 2 is 2.06 bits per heavy atom. The molecule has 2 aliphatic rings. The van der Waals surface area contributed by atoms with E-state index in [1.54, 1.807) is 0 Å². The number of ether oxygens (including phenoxy) is 1. The van der Waals surface area contributed by atoms with Crippen molar-refractivity contribution in [2.24, 2.45) is 11.8 Å². The largest absolute Gasteiger partial charge is 0.462 e. The van der Waals surface area contributed by atoms with Crippen LogP contribution >= 0.6 is 0 Å². The number of cyclic esters (lactones) is 1. The second-order valence-electron chi connectivity index (χ2n) is 5.09. The zero-order valence-electron chi connectivity index (χ0n) is 10.0. The number of hydrogen-bond acceptors (Lipinski definition) is 3. The fraction of sp³-hybridized carbons (Fsp3) is 0.500. The molecule has 2 fully saturated rings. The van der Waals surface area contributed by atoms with Crippen molar-refractivity contribution in [1.82, 2.24) is 4.90 Å². The van der Waals surface area contributed by atoms with E-state index in [-0.39, 0.29) is 18.0 Å². The van der Waals surface area contributed by atoms with Gasteiger partial charge in [-0.15, -0.1) is 0 Å². The van der Waals surface area contributed by atoms with E-state index in [0.29, 0.717) is 5.92 Å². The Balaban J connectivity index is 1.67. The maximum atomic E-state index is 11.6. The fourth-order valence-corrected chi connectivity index (χ4v) is 2.97. The van der Waals surface area contributed by atoms with Gasteiger partial charge in [0.05, 0.1) is 5.92 Å². The van der Waals surface area contributed by atoms with Gasteiger partial charge >= 0.3 is 5.97 Å². The molecule has 3 rings (SSSR count). The molecule has 0 saturated carbocycles. The summed E-state index contributed by atoms with van der Waals surface area (Å²) in [5.41, 5.74) is 1.31. The van der Waals surface area contributed by atoms with Gasteiger partial charge in [0.2, 0.25) is 0 Å². The average Bonchev–Trinajstić information content (AvgIpc) is 2.83. The van der Waals surface area contributed by atoms with Crippen LogP contribution in [0, 0.1) is 11.8 Å². The first kappa shape index (κ1) is 10.8. The van der Waals surface area contributed by atoms with Crippen LogP contribution in [0.25, 0.3) is 0 Å². The van der Waals surface area contributed by atoms with E-state index in [9.17, 15) is 4.79 Å². The molecule has 0 radical (unpaired) electrons. The van der Waals surface area contributed by atoms with Crippen molar-refractivity contribution in [2.45, 2.75) is 19.6 Å². The van der Waals surface area contributed by atoms with Crippen LogP contribution in [0.1, 0.15) is 12.5 Å². The lowest BCUT2D eigenvalue weighted by atomic mass is 9.95.